The van der Waals surface area contributed by atoms with Crippen LogP contribution in [-0.4, -0.2) is 16.1 Å². The number of nitrogens with zero attached hydrogens (tertiary/aromatic N) is 1. The Morgan fingerprint density at radius 3 is 2.41 bits per heavy atom. The number of carbonyl (C=O) groups is 1. The van der Waals surface area contributed by atoms with Gasteiger partial charge >= 0.3 is 5.97 Å². The van der Waals surface area contributed by atoms with Gasteiger partial charge in [-0.3, -0.25) is 9.78 Å². The molecular weight excluding hydrogens is 274 g/mol. The number of carboxylic acids is 1. The summed E-state index contributed by atoms with van der Waals surface area (Å²) in [5.74, 6) is -0.711. The minimum Gasteiger partial charge on any atom is -0.481 e. The number of hydrogen-bond acceptors (Lipinski definition) is 2. The molecule has 1 aliphatic rings. The van der Waals surface area contributed by atoms with E-state index in [1.165, 1.54) is 0 Å². The molecule has 1 N–H and O–H groups in total. The maximum Gasteiger partial charge on any atom is 0.314 e. The first-order valence-electron chi connectivity index (χ1n) is 7.38. The molecule has 1 saturated carbocycles. The summed E-state index contributed by atoms with van der Waals surface area (Å²) in [7, 11) is 0. The highest BCUT2D eigenvalue weighted by Crippen LogP contribution is 2.48. The van der Waals surface area contributed by atoms with Crippen LogP contribution in [0.25, 0.3) is 22.0 Å². The second kappa shape index (κ2) is 4.67. The maximum atomic E-state index is 11.4. The molecule has 0 radical (unpaired) electrons. The third-order valence-electron chi connectivity index (χ3n) is 4.53. The Bertz CT molecular complexity index is 864. The van der Waals surface area contributed by atoms with Crippen LogP contribution < -0.4 is 0 Å². The topological polar surface area (TPSA) is 50.2 Å². The zero-order valence-electron chi connectivity index (χ0n) is 12.0. The first-order valence-corrected chi connectivity index (χ1v) is 7.38. The molecule has 2 aromatic carbocycles. The van der Waals surface area contributed by atoms with Crippen molar-refractivity contribution in [3.05, 3.63) is 66.4 Å². The highest BCUT2D eigenvalue weighted by atomic mass is 16.4. The van der Waals surface area contributed by atoms with E-state index in [9.17, 15) is 9.90 Å². The van der Waals surface area contributed by atoms with Gasteiger partial charge in [0.2, 0.25) is 0 Å². The summed E-state index contributed by atoms with van der Waals surface area (Å²) in [6.07, 6.45) is 3.27. The zero-order valence-corrected chi connectivity index (χ0v) is 12.0. The van der Waals surface area contributed by atoms with E-state index in [2.05, 4.69) is 17.1 Å². The van der Waals surface area contributed by atoms with Gasteiger partial charge in [0.25, 0.3) is 0 Å². The van der Waals surface area contributed by atoms with Gasteiger partial charge in [-0.15, -0.1) is 0 Å². The van der Waals surface area contributed by atoms with Crippen LogP contribution >= 0.6 is 0 Å². The zero-order chi connectivity index (χ0) is 15.2. The fraction of sp³-hybridized carbons (Fsp3) is 0.158. The van der Waals surface area contributed by atoms with Crippen molar-refractivity contribution in [2.75, 3.05) is 0 Å². The van der Waals surface area contributed by atoms with E-state index in [0.29, 0.717) is 0 Å². The fourth-order valence-electron chi connectivity index (χ4n) is 2.99. The molecule has 22 heavy (non-hydrogen) atoms. The first kappa shape index (κ1) is 13.0. The highest BCUT2D eigenvalue weighted by molar-refractivity contribution is 5.86. The Morgan fingerprint density at radius 1 is 1.00 bits per heavy atom. The molecule has 108 valence electrons. The van der Waals surface area contributed by atoms with Crippen LogP contribution in [0.1, 0.15) is 18.4 Å². The van der Waals surface area contributed by atoms with Crippen LogP contribution in [0.3, 0.4) is 0 Å². The van der Waals surface area contributed by atoms with Gasteiger partial charge in [-0.2, -0.15) is 0 Å². The van der Waals surface area contributed by atoms with E-state index < -0.39 is 11.4 Å². The van der Waals surface area contributed by atoms with Gasteiger partial charge in [0, 0.05) is 11.6 Å². The first-order chi connectivity index (χ1) is 10.7. The third kappa shape index (κ3) is 1.98. The maximum absolute atomic E-state index is 11.4. The molecule has 3 heteroatoms. The molecular formula is C19H15NO2. The summed E-state index contributed by atoms with van der Waals surface area (Å²) in [4.78, 5) is 15.7. The summed E-state index contributed by atoms with van der Waals surface area (Å²) in [6, 6.07) is 18.1. The second-order valence-corrected chi connectivity index (χ2v) is 5.88. The van der Waals surface area contributed by atoms with Crippen molar-refractivity contribution < 1.29 is 9.90 Å². The molecule has 3 nitrogen and oxygen atoms in total. The minimum absolute atomic E-state index is 0.633. The number of rotatable bonds is 3. The Morgan fingerprint density at radius 2 is 1.73 bits per heavy atom. The van der Waals surface area contributed by atoms with Crippen LogP contribution in [-0.2, 0) is 10.2 Å². The van der Waals surface area contributed by atoms with E-state index >= 15 is 0 Å². The van der Waals surface area contributed by atoms with E-state index in [0.717, 1.165) is 40.4 Å². The van der Waals surface area contributed by atoms with Crippen LogP contribution in [0.5, 0.6) is 0 Å². The Hall–Kier alpha value is -2.68. The fourth-order valence-corrected chi connectivity index (χ4v) is 2.99. The molecule has 0 atom stereocenters. The molecule has 1 fully saturated rings. The lowest BCUT2D eigenvalue weighted by atomic mass is 9.93. The van der Waals surface area contributed by atoms with Gasteiger partial charge in [-0.05, 0) is 47.7 Å². The Balaban J connectivity index is 1.71. The number of fused-ring (bicyclic) bond motifs is 1. The number of carboxylic acid groups (broad SMARTS) is 1. The largest absolute Gasteiger partial charge is 0.481 e. The van der Waals surface area contributed by atoms with Crippen LogP contribution in [0, 0.1) is 0 Å². The number of aliphatic carboxylic acids is 1. The predicted molar refractivity (Wildman–Crippen MR) is 85.7 cm³/mol. The summed E-state index contributed by atoms with van der Waals surface area (Å²) in [5.41, 5.74) is 3.46. The SMILES string of the molecule is O=C(O)C1(c2ccc(-c3ccc4ncccc4c3)cc2)CC1. The van der Waals surface area contributed by atoms with Crippen molar-refractivity contribution in [2.45, 2.75) is 18.3 Å². The second-order valence-electron chi connectivity index (χ2n) is 5.88. The lowest BCUT2D eigenvalue weighted by Crippen LogP contribution is -2.19. The summed E-state index contributed by atoms with van der Waals surface area (Å²) >= 11 is 0. The van der Waals surface area contributed by atoms with Crippen molar-refractivity contribution in [3.8, 4) is 11.1 Å². The molecule has 3 aromatic rings. The van der Waals surface area contributed by atoms with E-state index in [1.54, 1.807) is 6.20 Å². The average molecular weight is 289 g/mol. The van der Waals surface area contributed by atoms with Crippen molar-refractivity contribution in [1.29, 1.82) is 0 Å². The molecule has 0 saturated heterocycles. The summed E-state index contributed by atoms with van der Waals surface area (Å²) < 4.78 is 0. The Labute approximate surface area is 128 Å². The lowest BCUT2D eigenvalue weighted by Gasteiger charge is -2.11. The molecule has 4 rings (SSSR count). The minimum atomic E-state index is -0.711. The number of benzene rings is 2. The van der Waals surface area contributed by atoms with Crippen molar-refractivity contribution >= 4 is 16.9 Å². The van der Waals surface area contributed by atoms with Gasteiger partial charge < -0.3 is 5.11 Å². The molecule has 0 unspecified atom stereocenters. The standard InChI is InChI=1S/C19H15NO2/c21-18(22)19(9-10-19)16-6-3-13(4-7-16)14-5-8-17-15(12-14)2-1-11-20-17/h1-8,11-12H,9-10H2,(H,21,22). The van der Waals surface area contributed by atoms with E-state index in [4.69, 9.17) is 0 Å². The predicted octanol–water partition coefficient (Wildman–Crippen LogP) is 4.02. The number of aromatic nitrogens is 1. The number of hydrogen-bond donors (Lipinski definition) is 1. The summed E-state index contributed by atoms with van der Waals surface area (Å²) in [5, 5.41) is 10.5. The van der Waals surface area contributed by atoms with Gasteiger partial charge in [0.15, 0.2) is 0 Å². The van der Waals surface area contributed by atoms with Gasteiger partial charge in [0.05, 0.1) is 10.9 Å². The monoisotopic (exact) mass is 289 g/mol. The molecule has 1 aliphatic carbocycles. The van der Waals surface area contributed by atoms with Crippen molar-refractivity contribution in [1.82, 2.24) is 4.98 Å². The lowest BCUT2D eigenvalue weighted by molar-refractivity contribution is -0.140. The normalized spacial score (nSPS) is 15.6. The molecule has 0 bridgehead atoms. The highest BCUT2D eigenvalue weighted by Gasteiger charge is 2.51. The van der Waals surface area contributed by atoms with Gasteiger partial charge in [-0.1, -0.05) is 36.4 Å². The van der Waals surface area contributed by atoms with Crippen LogP contribution in [0.15, 0.2) is 60.8 Å². The van der Waals surface area contributed by atoms with Gasteiger partial charge in [-0.25, -0.2) is 0 Å². The third-order valence-corrected chi connectivity index (χ3v) is 4.53. The number of pyridine rings is 1. The van der Waals surface area contributed by atoms with Crippen LogP contribution in [0.2, 0.25) is 0 Å². The summed E-state index contributed by atoms with van der Waals surface area (Å²) in [6.45, 7) is 0. The molecule has 1 aromatic heterocycles. The average Bonchev–Trinajstić information content (AvgIpc) is 3.36. The van der Waals surface area contributed by atoms with Crippen molar-refractivity contribution in [2.24, 2.45) is 0 Å². The molecule has 1 heterocycles. The molecule has 0 amide bonds. The van der Waals surface area contributed by atoms with Crippen LogP contribution in [0.4, 0.5) is 0 Å². The molecule has 0 aliphatic heterocycles. The van der Waals surface area contributed by atoms with Gasteiger partial charge in [0.1, 0.15) is 0 Å². The quantitative estimate of drug-likeness (QED) is 0.792. The van der Waals surface area contributed by atoms with Crippen molar-refractivity contribution in [3.63, 3.8) is 0 Å². The smallest absolute Gasteiger partial charge is 0.314 e. The molecule has 0 spiro atoms. The van der Waals surface area contributed by atoms with E-state index in [-0.39, 0.29) is 0 Å². The van der Waals surface area contributed by atoms with E-state index in [1.807, 2.05) is 42.5 Å². The Kier molecular flexibility index (Phi) is 2.76.